The quantitative estimate of drug-likeness (QED) is 0.429. The summed E-state index contributed by atoms with van der Waals surface area (Å²) < 4.78 is 2.07. The number of aromatic nitrogens is 2. The van der Waals surface area contributed by atoms with Crippen LogP contribution in [0.15, 0.2) is 72.9 Å². The number of nitrogens with one attached hydrogen (secondary N) is 1. The van der Waals surface area contributed by atoms with Crippen LogP contribution in [0.2, 0.25) is 0 Å². The van der Waals surface area contributed by atoms with Crippen LogP contribution in [0.25, 0.3) is 10.9 Å². The molecule has 0 unspecified atom stereocenters. The van der Waals surface area contributed by atoms with Crippen molar-refractivity contribution in [3.8, 4) is 0 Å². The molecule has 4 aromatic rings. The molecule has 0 fully saturated rings. The van der Waals surface area contributed by atoms with Gasteiger partial charge < -0.3 is 15.6 Å². The SMILES string of the molecule is CC(C)(C)c1ccc(Cn2c(C(=O)NCCc3ccccn3)cc3cc(N)ccc32)cc1. The minimum atomic E-state index is -0.0954. The number of amides is 1. The number of carbonyl (C=O) groups excluding carboxylic acids is 1. The Kier molecular flexibility index (Phi) is 5.99. The Hall–Kier alpha value is -3.60. The molecule has 0 atom stereocenters. The van der Waals surface area contributed by atoms with Crippen LogP contribution in [-0.4, -0.2) is 22.0 Å². The Balaban J connectivity index is 1.59. The maximum absolute atomic E-state index is 13.1. The van der Waals surface area contributed by atoms with E-state index in [2.05, 4.69) is 59.9 Å². The van der Waals surface area contributed by atoms with Crippen LogP contribution in [0.1, 0.15) is 48.1 Å². The number of carbonyl (C=O) groups is 1. The molecule has 5 heteroatoms. The van der Waals surface area contributed by atoms with Gasteiger partial charge in [0, 0.05) is 48.0 Å². The third-order valence-electron chi connectivity index (χ3n) is 5.71. The molecule has 164 valence electrons. The normalized spacial score (nSPS) is 11.6. The highest BCUT2D eigenvalue weighted by Gasteiger charge is 2.17. The van der Waals surface area contributed by atoms with Gasteiger partial charge in [-0.05, 0) is 52.9 Å². The number of fused-ring (bicyclic) bond motifs is 1. The van der Waals surface area contributed by atoms with E-state index >= 15 is 0 Å². The van der Waals surface area contributed by atoms with Crippen LogP contribution < -0.4 is 11.1 Å². The molecular formula is C27H30N4O. The fraction of sp³-hybridized carbons (Fsp3) is 0.259. The van der Waals surface area contributed by atoms with Gasteiger partial charge in [0.1, 0.15) is 5.69 Å². The second-order valence-corrected chi connectivity index (χ2v) is 9.21. The Morgan fingerprint density at radius 1 is 1.03 bits per heavy atom. The summed E-state index contributed by atoms with van der Waals surface area (Å²) in [7, 11) is 0. The molecule has 0 aliphatic rings. The van der Waals surface area contributed by atoms with Crippen molar-refractivity contribution < 1.29 is 4.79 Å². The first-order valence-electron chi connectivity index (χ1n) is 11.0. The van der Waals surface area contributed by atoms with E-state index in [9.17, 15) is 4.79 Å². The standard InChI is InChI=1S/C27H30N4O/c1-27(2,3)21-9-7-19(8-10-21)18-31-24-12-11-22(28)16-20(24)17-25(31)26(32)30-15-13-23-6-4-5-14-29-23/h4-12,14,16-17H,13,15,18,28H2,1-3H3,(H,30,32). The van der Waals surface area contributed by atoms with Gasteiger partial charge in [0.25, 0.3) is 5.91 Å². The van der Waals surface area contributed by atoms with Crippen molar-refractivity contribution in [3.05, 3.63) is 95.4 Å². The summed E-state index contributed by atoms with van der Waals surface area (Å²) in [6.07, 6.45) is 2.46. The molecule has 0 radical (unpaired) electrons. The first kappa shape index (κ1) is 21.6. The van der Waals surface area contributed by atoms with E-state index in [1.165, 1.54) is 5.56 Å². The van der Waals surface area contributed by atoms with Crippen molar-refractivity contribution in [1.29, 1.82) is 0 Å². The summed E-state index contributed by atoms with van der Waals surface area (Å²) in [5, 5.41) is 4.01. The molecule has 1 amide bonds. The van der Waals surface area contributed by atoms with E-state index in [4.69, 9.17) is 5.73 Å². The molecule has 0 saturated heterocycles. The highest BCUT2D eigenvalue weighted by atomic mass is 16.1. The summed E-state index contributed by atoms with van der Waals surface area (Å²) >= 11 is 0. The average molecular weight is 427 g/mol. The average Bonchev–Trinajstić information content (AvgIpc) is 3.11. The molecule has 2 heterocycles. The number of nitrogens with two attached hydrogens (primary N) is 1. The molecular weight excluding hydrogens is 396 g/mol. The Labute approximate surface area is 189 Å². The van der Waals surface area contributed by atoms with E-state index in [1.807, 2.05) is 42.5 Å². The van der Waals surface area contributed by atoms with Crippen molar-refractivity contribution in [2.24, 2.45) is 0 Å². The fourth-order valence-corrected chi connectivity index (χ4v) is 3.88. The molecule has 0 bridgehead atoms. The Bertz CT molecular complexity index is 1220. The first-order valence-corrected chi connectivity index (χ1v) is 11.0. The zero-order valence-corrected chi connectivity index (χ0v) is 18.9. The van der Waals surface area contributed by atoms with Crippen molar-refractivity contribution in [1.82, 2.24) is 14.9 Å². The maximum atomic E-state index is 13.1. The number of benzene rings is 2. The van der Waals surface area contributed by atoms with Gasteiger partial charge in [-0.3, -0.25) is 9.78 Å². The van der Waals surface area contributed by atoms with Crippen molar-refractivity contribution >= 4 is 22.5 Å². The van der Waals surface area contributed by atoms with E-state index in [-0.39, 0.29) is 11.3 Å². The summed E-state index contributed by atoms with van der Waals surface area (Å²) in [5.41, 5.74) is 11.8. The monoisotopic (exact) mass is 426 g/mol. The smallest absolute Gasteiger partial charge is 0.267 e. The van der Waals surface area contributed by atoms with Crippen molar-refractivity contribution in [3.63, 3.8) is 0 Å². The number of anilines is 1. The molecule has 0 aliphatic carbocycles. The molecule has 0 spiro atoms. The largest absolute Gasteiger partial charge is 0.399 e. The lowest BCUT2D eigenvalue weighted by molar-refractivity contribution is 0.0945. The Morgan fingerprint density at radius 3 is 2.50 bits per heavy atom. The summed E-state index contributed by atoms with van der Waals surface area (Å²) in [5.74, 6) is -0.0954. The van der Waals surface area contributed by atoms with Gasteiger partial charge in [0.15, 0.2) is 0 Å². The van der Waals surface area contributed by atoms with E-state index < -0.39 is 0 Å². The van der Waals surface area contributed by atoms with Crippen LogP contribution in [0.4, 0.5) is 5.69 Å². The number of rotatable bonds is 6. The predicted molar refractivity (Wildman–Crippen MR) is 131 cm³/mol. The molecule has 32 heavy (non-hydrogen) atoms. The summed E-state index contributed by atoms with van der Waals surface area (Å²) in [6.45, 7) is 7.76. The topological polar surface area (TPSA) is 72.9 Å². The summed E-state index contributed by atoms with van der Waals surface area (Å²) in [4.78, 5) is 17.4. The zero-order chi connectivity index (χ0) is 22.7. The molecule has 5 nitrogen and oxygen atoms in total. The Morgan fingerprint density at radius 2 is 1.81 bits per heavy atom. The number of pyridine rings is 1. The van der Waals surface area contributed by atoms with Gasteiger partial charge in [-0.15, -0.1) is 0 Å². The van der Waals surface area contributed by atoms with E-state index in [0.717, 1.165) is 22.2 Å². The van der Waals surface area contributed by atoms with Gasteiger partial charge in [0.2, 0.25) is 0 Å². The van der Waals surface area contributed by atoms with Crippen molar-refractivity contribution in [2.75, 3.05) is 12.3 Å². The molecule has 2 aromatic carbocycles. The van der Waals surface area contributed by atoms with Crippen LogP contribution in [-0.2, 0) is 18.4 Å². The van der Waals surface area contributed by atoms with Gasteiger partial charge in [-0.25, -0.2) is 0 Å². The fourth-order valence-electron chi connectivity index (χ4n) is 3.88. The van der Waals surface area contributed by atoms with Gasteiger partial charge in [-0.2, -0.15) is 0 Å². The zero-order valence-electron chi connectivity index (χ0n) is 18.9. The minimum absolute atomic E-state index is 0.0954. The highest BCUT2D eigenvalue weighted by Crippen LogP contribution is 2.26. The molecule has 3 N–H and O–H groups in total. The molecule has 4 rings (SSSR count). The molecule has 0 saturated carbocycles. The van der Waals surface area contributed by atoms with Gasteiger partial charge in [-0.1, -0.05) is 51.1 Å². The highest BCUT2D eigenvalue weighted by molar-refractivity contribution is 5.99. The van der Waals surface area contributed by atoms with E-state index in [0.29, 0.717) is 30.9 Å². The second kappa shape index (κ2) is 8.87. The third kappa shape index (κ3) is 4.83. The van der Waals surface area contributed by atoms with Crippen LogP contribution in [0.5, 0.6) is 0 Å². The second-order valence-electron chi connectivity index (χ2n) is 9.21. The third-order valence-corrected chi connectivity index (χ3v) is 5.71. The van der Waals surface area contributed by atoms with Crippen molar-refractivity contribution in [2.45, 2.75) is 39.2 Å². The number of nitrogens with zero attached hydrogens (tertiary/aromatic N) is 2. The van der Waals surface area contributed by atoms with Gasteiger partial charge in [0.05, 0.1) is 0 Å². The maximum Gasteiger partial charge on any atom is 0.267 e. The van der Waals surface area contributed by atoms with Crippen LogP contribution >= 0.6 is 0 Å². The predicted octanol–water partition coefficient (Wildman–Crippen LogP) is 4.94. The lowest BCUT2D eigenvalue weighted by Crippen LogP contribution is -2.28. The number of hydrogen-bond donors (Lipinski definition) is 2. The summed E-state index contributed by atoms with van der Waals surface area (Å²) in [6, 6.07) is 22.1. The lowest BCUT2D eigenvalue weighted by Gasteiger charge is -2.19. The van der Waals surface area contributed by atoms with Crippen LogP contribution in [0.3, 0.4) is 0 Å². The van der Waals surface area contributed by atoms with E-state index in [1.54, 1.807) is 6.20 Å². The number of nitrogen functional groups attached to an aromatic ring is 1. The molecule has 2 aromatic heterocycles. The minimum Gasteiger partial charge on any atom is -0.399 e. The first-order chi connectivity index (χ1) is 15.3. The van der Waals surface area contributed by atoms with Gasteiger partial charge >= 0.3 is 0 Å². The van der Waals surface area contributed by atoms with Crippen LogP contribution in [0, 0.1) is 0 Å². The molecule has 0 aliphatic heterocycles. The lowest BCUT2D eigenvalue weighted by atomic mass is 9.87. The number of hydrogen-bond acceptors (Lipinski definition) is 3.